The highest BCUT2D eigenvalue weighted by molar-refractivity contribution is 6.82. The first-order chi connectivity index (χ1) is 8.86. The summed E-state index contributed by atoms with van der Waals surface area (Å²) in [6.45, 7) is 6.93. The van der Waals surface area contributed by atoms with E-state index >= 15 is 0 Å². The van der Waals surface area contributed by atoms with E-state index in [1.165, 1.54) is 10.9 Å². The molecular formula is C16H20BN. The largest absolute Gasteiger partial charge is 0.335 e. The van der Waals surface area contributed by atoms with Crippen LogP contribution in [0.3, 0.4) is 0 Å². The topological polar surface area (TPSA) is 3.24 Å². The van der Waals surface area contributed by atoms with Crippen LogP contribution in [0.25, 0.3) is 0 Å². The molecule has 0 aliphatic heterocycles. The summed E-state index contributed by atoms with van der Waals surface area (Å²) in [6.07, 6.45) is 0. The average Bonchev–Trinajstić information content (AvgIpc) is 2.46. The van der Waals surface area contributed by atoms with Crippen LogP contribution in [0.1, 0.15) is 13.8 Å². The summed E-state index contributed by atoms with van der Waals surface area (Å²) in [7, 11) is 0. The van der Waals surface area contributed by atoms with Crippen molar-refractivity contribution in [1.29, 1.82) is 0 Å². The molecule has 0 saturated carbocycles. The number of hydrogen-bond donors (Lipinski definition) is 0. The summed E-state index contributed by atoms with van der Waals surface area (Å²) in [6, 6.07) is 21.5. The monoisotopic (exact) mass is 237 g/mol. The van der Waals surface area contributed by atoms with Gasteiger partial charge < -0.3 is 4.81 Å². The van der Waals surface area contributed by atoms with Gasteiger partial charge in [-0.2, -0.15) is 0 Å². The van der Waals surface area contributed by atoms with Gasteiger partial charge >= 0.3 is 0 Å². The Morgan fingerprint density at radius 3 is 1.44 bits per heavy atom. The van der Waals surface area contributed by atoms with E-state index in [1.807, 2.05) is 0 Å². The van der Waals surface area contributed by atoms with Crippen LogP contribution >= 0.6 is 0 Å². The van der Waals surface area contributed by atoms with E-state index in [9.17, 15) is 0 Å². The smallest absolute Gasteiger partial charge is 0.292 e. The maximum absolute atomic E-state index is 2.49. The van der Waals surface area contributed by atoms with Crippen LogP contribution < -0.4 is 10.9 Å². The predicted octanol–water partition coefficient (Wildman–Crippen LogP) is 2.13. The lowest BCUT2D eigenvalue weighted by Crippen LogP contribution is -2.56. The number of benzene rings is 2. The highest BCUT2D eigenvalue weighted by Gasteiger charge is 2.24. The molecule has 0 heterocycles. The molecule has 0 radical (unpaired) electrons. The molecule has 2 aromatic carbocycles. The first-order valence-electron chi connectivity index (χ1n) is 6.70. The molecule has 0 spiro atoms. The van der Waals surface area contributed by atoms with Gasteiger partial charge in [-0.3, -0.25) is 0 Å². The second-order valence-electron chi connectivity index (χ2n) is 4.45. The Hall–Kier alpha value is -1.54. The van der Waals surface area contributed by atoms with Crippen molar-refractivity contribution in [1.82, 2.24) is 4.81 Å². The lowest BCUT2D eigenvalue weighted by molar-refractivity contribution is 0.491. The molecule has 0 aliphatic rings. The second kappa shape index (κ2) is 6.41. The molecular weight excluding hydrogens is 217 g/mol. The van der Waals surface area contributed by atoms with E-state index in [2.05, 4.69) is 79.3 Å². The highest BCUT2D eigenvalue weighted by atomic mass is 15.0. The minimum atomic E-state index is 0.363. The first kappa shape index (κ1) is 12.9. The number of rotatable bonds is 5. The molecule has 0 N–H and O–H groups in total. The summed E-state index contributed by atoms with van der Waals surface area (Å²) >= 11 is 0. The molecule has 0 bridgehead atoms. The van der Waals surface area contributed by atoms with Gasteiger partial charge in [-0.25, -0.2) is 0 Å². The molecule has 0 unspecified atom stereocenters. The van der Waals surface area contributed by atoms with Crippen molar-refractivity contribution in [2.45, 2.75) is 13.8 Å². The van der Waals surface area contributed by atoms with Gasteiger partial charge in [-0.15, -0.1) is 0 Å². The molecule has 2 rings (SSSR count). The zero-order chi connectivity index (χ0) is 12.8. The van der Waals surface area contributed by atoms with Crippen molar-refractivity contribution in [2.75, 3.05) is 13.1 Å². The summed E-state index contributed by atoms with van der Waals surface area (Å²) in [5.74, 6) is 0. The molecule has 0 saturated heterocycles. The quantitative estimate of drug-likeness (QED) is 0.720. The fourth-order valence-corrected chi connectivity index (χ4v) is 2.47. The molecule has 92 valence electrons. The van der Waals surface area contributed by atoms with Gasteiger partial charge in [0.1, 0.15) is 0 Å². The van der Waals surface area contributed by atoms with E-state index in [0.29, 0.717) is 6.85 Å². The van der Waals surface area contributed by atoms with Gasteiger partial charge in [0.15, 0.2) is 0 Å². The predicted molar refractivity (Wildman–Crippen MR) is 80.8 cm³/mol. The van der Waals surface area contributed by atoms with Gasteiger partial charge in [0.2, 0.25) is 0 Å². The summed E-state index contributed by atoms with van der Waals surface area (Å²) < 4.78 is 0. The molecule has 0 amide bonds. The highest BCUT2D eigenvalue weighted by Crippen LogP contribution is 1.99. The molecule has 18 heavy (non-hydrogen) atoms. The minimum Gasteiger partial charge on any atom is -0.335 e. The van der Waals surface area contributed by atoms with E-state index in [4.69, 9.17) is 0 Å². The average molecular weight is 237 g/mol. The molecule has 0 aliphatic carbocycles. The molecule has 0 fully saturated rings. The van der Waals surface area contributed by atoms with Crippen molar-refractivity contribution in [3.05, 3.63) is 60.7 Å². The van der Waals surface area contributed by atoms with Gasteiger partial charge in [-0.05, 0) is 13.1 Å². The van der Waals surface area contributed by atoms with E-state index in [-0.39, 0.29) is 0 Å². The maximum Gasteiger partial charge on any atom is 0.292 e. The van der Waals surface area contributed by atoms with Gasteiger partial charge in [0, 0.05) is 0 Å². The Morgan fingerprint density at radius 2 is 1.11 bits per heavy atom. The van der Waals surface area contributed by atoms with Gasteiger partial charge in [-0.1, -0.05) is 85.4 Å². The van der Waals surface area contributed by atoms with Crippen LogP contribution in [0.2, 0.25) is 0 Å². The molecule has 2 aromatic rings. The van der Waals surface area contributed by atoms with E-state index in [1.54, 1.807) is 0 Å². The third-order valence-corrected chi connectivity index (χ3v) is 3.41. The lowest BCUT2D eigenvalue weighted by atomic mass is 9.49. The summed E-state index contributed by atoms with van der Waals surface area (Å²) in [4.78, 5) is 2.49. The Labute approximate surface area is 111 Å². The van der Waals surface area contributed by atoms with Crippen LogP contribution in [-0.2, 0) is 0 Å². The van der Waals surface area contributed by atoms with Crippen LogP contribution in [0.15, 0.2) is 60.7 Å². The fourth-order valence-electron chi connectivity index (χ4n) is 2.47. The van der Waals surface area contributed by atoms with Crippen molar-refractivity contribution in [3.8, 4) is 0 Å². The molecule has 1 nitrogen and oxygen atoms in total. The fraction of sp³-hybridized carbons (Fsp3) is 0.250. The van der Waals surface area contributed by atoms with Crippen LogP contribution in [-0.4, -0.2) is 24.7 Å². The molecule has 0 aromatic heterocycles. The zero-order valence-electron chi connectivity index (χ0n) is 11.2. The Bertz CT molecular complexity index is 412. The van der Waals surface area contributed by atoms with Crippen LogP contribution in [0.5, 0.6) is 0 Å². The number of nitrogens with zero attached hydrogens (tertiary/aromatic N) is 1. The van der Waals surface area contributed by atoms with Crippen LogP contribution in [0, 0.1) is 0 Å². The first-order valence-corrected chi connectivity index (χ1v) is 6.70. The minimum absolute atomic E-state index is 0.363. The van der Waals surface area contributed by atoms with E-state index in [0.717, 1.165) is 13.1 Å². The maximum atomic E-state index is 2.49. The molecule has 2 heteroatoms. The van der Waals surface area contributed by atoms with Crippen LogP contribution in [0.4, 0.5) is 0 Å². The van der Waals surface area contributed by atoms with Crippen molar-refractivity contribution >= 4 is 17.8 Å². The van der Waals surface area contributed by atoms with E-state index < -0.39 is 0 Å². The molecule has 0 atom stereocenters. The SMILES string of the molecule is CCN(CC)B(c1ccccc1)c1ccccc1. The summed E-state index contributed by atoms with van der Waals surface area (Å²) in [5, 5.41) is 0. The zero-order valence-corrected chi connectivity index (χ0v) is 11.2. The van der Waals surface area contributed by atoms with Gasteiger partial charge in [0.25, 0.3) is 6.85 Å². The second-order valence-corrected chi connectivity index (χ2v) is 4.45. The van der Waals surface area contributed by atoms with Crippen molar-refractivity contribution in [2.24, 2.45) is 0 Å². The normalized spacial score (nSPS) is 10.6. The Balaban J connectivity index is 2.41. The lowest BCUT2D eigenvalue weighted by Gasteiger charge is -2.27. The summed E-state index contributed by atoms with van der Waals surface area (Å²) in [5.41, 5.74) is 2.74. The van der Waals surface area contributed by atoms with Crippen molar-refractivity contribution in [3.63, 3.8) is 0 Å². The Morgan fingerprint density at radius 1 is 0.722 bits per heavy atom. The third kappa shape index (κ3) is 2.83. The third-order valence-electron chi connectivity index (χ3n) is 3.41. The van der Waals surface area contributed by atoms with Crippen molar-refractivity contribution < 1.29 is 0 Å². The standard InChI is InChI=1S/C16H20BN/c1-3-18(4-2)17(15-11-7-5-8-12-15)16-13-9-6-10-14-16/h5-14H,3-4H2,1-2H3. The number of hydrogen-bond acceptors (Lipinski definition) is 1. The van der Waals surface area contributed by atoms with Gasteiger partial charge in [0.05, 0.1) is 0 Å². The Kier molecular flexibility index (Phi) is 4.60.